The van der Waals surface area contributed by atoms with Gasteiger partial charge in [-0.3, -0.25) is 4.98 Å². The summed E-state index contributed by atoms with van der Waals surface area (Å²) in [5.41, 5.74) is 3.78. The van der Waals surface area contributed by atoms with Gasteiger partial charge in [0.05, 0.1) is 17.8 Å². The SMILES string of the molecule is Cc1ccc(-c2ccc([C@@H]3[C@H](c4ccccn4)NC(=S)N3c3ccc(OC(C)C)cc3)o2)cc1Cl. The Kier molecular flexibility index (Phi) is 6.50. The summed E-state index contributed by atoms with van der Waals surface area (Å²) >= 11 is 12.2. The molecule has 1 N–H and O–H groups in total. The van der Waals surface area contributed by atoms with Crippen molar-refractivity contribution in [1.82, 2.24) is 10.3 Å². The maximum Gasteiger partial charge on any atom is 0.174 e. The molecule has 7 heteroatoms. The van der Waals surface area contributed by atoms with Crippen molar-refractivity contribution in [3.63, 3.8) is 0 Å². The Morgan fingerprint density at radius 2 is 1.86 bits per heavy atom. The van der Waals surface area contributed by atoms with Crippen LogP contribution in [0.15, 0.2) is 83.4 Å². The molecule has 1 fully saturated rings. The lowest BCUT2D eigenvalue weighted by Gasteiger charge is -2.26. The molecular weight excluding hydrogens is 478 g/mol. The number of benzene rings is 2. The average molecular weight is 504 g/mol. The Bertz CT molecular complexity index is 1340. The molecule has 0 radical (unpaired) electrons. The first-order chi connectivity index (χ1) is 16.9. The first kappa shape index (κ1) is 23.4. The van der Waals surface area contributed by atoms with Crippen LogP contribution in [0.2, 0.25) is 5.02 Å². The van der Waals surface area contributed by atoms with Crippen LogP contribution < -0.4 is 15.0 Å². The second-order valence-electron chi connectivity index (χ2n) is 8.82. The first-order valence-corrected chi connectivity index (χ1v) is 12.3. The molecule has 5 nitrogen and oxygen atoms in total. The minimum atomic E-state index is -0.232. The molecule has 5 rings (SSSR count). The number of ether oxygens (including phenoxy) is 1. The Hall–Kier alpha value is -3.35. The van der Waals surface area contributed by atoms with Gasteiger partial charge in [0.25, 0.3) is 0 Å². The van der Waals surface area contributed by atoms with Crippen molar-refractivity contribution in [2.75, 3.05) is 4.90 Å². The summed E-state index contributed by atoms with van der Waals surface area (Å²) in [5.74, 6) is 2.35. The van der Waals surface area contributed by atoms with Crippen molar-refractivity contribution in [3.8, 4) is 17.1 Å². The van der Waals surface area contributed by atoms with Crippen LogP contribution in [-0.4, -0.2) is 16.2 Å². The van der Waals surface area contributed by atoms with Gasteiger partial charge in [-0.1, -0.05) is 29.8 Å². The zero-order chi connectivity index (χ0) is 24.5. The summed E-state index contributed by atoms with van der Waals surface area (Å²) in [6.45, 7) is 6.00. The third-order valence-corrected chi connectivity index (χ3v) is 6.68. The molecule has 2 atom stereocenters. The van der Waals surface area contributed by atoms with E-state index in [1.165, 1.54) is 0 Å². The molecule has 4 aromatic rings. The fraction of sp³-hybridized carbons (Fsp3) is 0.214. The molecular formula is C28H26ClN3O2S. The van der Waals surface area contributed by atoms with Gasteiger partial charge in [-0.2, -0.15) is 0 Å². The second kappa shape index (κ2) is 9.72. The highest BCUT2D eigenvalue weighted by molar-refractivity contribution is 7.80. The number of aryl methyl sites for hydroxylation is 1. The fourth-order valence-electron chi connectivity index (χ4n) is 4.29. The number of hydrogen-bond acceptors (Lipinski definition) is 4. The van der Waals surface area contributed by atoms with Crippen LogP contribution in [0.4, 0.5) is 5.69 Å². The van der Waals surface area contributed by atoms with Crippen molar-refractivity contribution >= 4 is 34.6 Å². The van der Waals surface area contributed by atoms with E-state index >= 15 is 0 Å². The summed E-state index contributed by atoms with van der Waals surface area (Å²) in [5, 5.41) is 4.78. The van der Waals surface area contributed by atoms with E-state index in [2.05, 4.69) is 15.2 Å². The highest BCUT2D eigenvalue weighted by atomic mass is 35.5. The van der Waals surface area contributed by atoms with Gasteiger partial charge in [0.1, 0.15) is 23.3 Å². The number of pyridine rings is 1. The Labute approximate surface area is 215 Å². The lowest BCUT2D eigenvalue weighted by Crippen LogP contribution is -2.29. The van der Waals surface area contributed by atoms with Gasteiger partial charge < -0.3 is 19.4 Å². The van der Waals surface area contributed by atoms with E-state index < -0.39 is 0 Å². The van der Waals surface area contributed by atoms with Gasteiger partial charge in [-0.05, 0) is 93.1 Å². The summed E-state index contributed by atoms with van der Waals surface area (Å²) < 4.78 is 12.2. The minimum absolute atomic E-state index is 0.105. The molecule has 35 heavy (non-hydrogen) atoms. The number of rotatable bonds is 6. The lowest BCUT2D eigenvalue weighted by molar-refractivity contribution is 0.242. The standard InChI is InChI=1S/C28H26ClN3O2S/c1-17(2)33-21-11-9-20(10-12-21)32-27(26(31-28(32)35)23-6-4-5-15-30-23)25-14-13-24(34-25)19-8-7-18(3)22(29)16-19/h4-17,26-27H,1-3H3,(H,31,35)/t26-,27+/m0/s1. The zero-order valence-electron chi connectivity index (χ0n) is 19.7. The van der Waals surface area contributed by atoms with Crippen LogP contribution in [0.25, 0.3) is 11.3 Å². The molecule has 3 heterocycles. The topological polar surface area (TPSA) is 50.5 Å². The smallest absolute Gasteiger partial charge is 0.174 e. The van der Waals surface area contributed by atoms with Crippen LogP contribution >= 0.6 is 23.8 Å². The van der Waals surface area contributed by atoms with Crippen molar-refractivity contribution in [2.24, 2.45) is 0 Å². The van der Waals surface area contributed by atoms with Crippen LogP contribution in [0, 0.1) is 6.92 Å². The summed E-state index contributed by atoms with van der Waals surface area (Å²) in [6, 6.07) is 23.3. The monoisotopic (exact) mass is 503 g/mol. The Balaban J connectivity index is 1.55. The van der Waals surface area contributed by atoms with Crippen LogP contribution in [-0.2, 0) is 0 Å². The largest absolute Gasteiger partial charge is 0.491 e. The van der Waals surface area contributed by atoms with Gasteiger partial charge in [-0.15, -0.1) is 0 Å². The predicted molar refractivity (Wildman–Crippen MR) is 144 cm³/mol. The number of hydrogen-bond donors (Lipinski definition) is 1. The lowest BCUT2D eigenvalue weighted by atomic mass is 10.0. The highest BCUT2D eigenvalue weighted by Gasteiger charge is 2.42. The van der Waals surface area contributed by atoms with E-state index in [9.17, 15) is 0 Å². The maximum absolute atomic E-state index is 6.42. The molecule has 178 valence electrons. The molecule has 0 bridgehead atoms. The molecule has 0 saturated carbocycles. The number of nitrogens with zero attached hydrogens (tertiary/aromatic N) is 2. The molecule has 2 aromatic heterocycles. The third kappa shape index (κ3) is 4.77. The quantitative estimate of drug-likeness (QED) is 0.279. The van der Waals surface area contributed by atoms with E-state index in [1.54, 1.807) is 6.20 Å². The number of furan rings is 1. The normalized spacial score (nSPS) is 17.6. The number of aromatic nitrogens is 1. The van der Waals surface area contributed by atoms with Crippen molar-refractivity contribution in [2.45, 2.75) is 39.0 Å². The van der Waals surface area contributed by atoms with Gasteiger partial charge in [0, 0.05) is 22.5 Å². The second-order valence-corrected chi connectivity index (χ2v) is 9.62. The van der Waals surface area contributed by atoms with Gasteiger partial charge in [0.2, 0.25) is 0 Å². The van der Waals surface area contributed by atoms with E-state index in [0.29, 0.717) is 10.1 Å². The number of halogens is 1. The van der Waals surface area contributed by atoms with Crippen molar-refractivity contribution in [3.05, 3.63) is 101 Å². The number of anilines is 1. The average Bonchev–Trinajstić information content (AvgIpc) is 3.46. The molecule has 0 aliphatic carbocycles. The van der Waals surface area contributed by atoms with E-state index in [4.69, 9.17) is 33.0 Å². The van der Waals surface area contributed by atoms with Gasteiger partial charge in [-0.25, -0.2) is 0 Å². The fourth-order valence-corrected chi connectivity index (χ4v) is 4.82. The Morgan fingerprint density at radius 1 is 1.06 bits per heavy atom. The van der Waals surface area contributed by atoms with E-state index in [-0.39, 0.29) is 18.2 Å². The van der Waals surface area contributed by atoms with E-state index in [0.717, 1.165) is 39.8 Å². The molecule has 0 amide bonds. The molecule has 1 aliphatic heterocycles. The predicted octanol–water partition coefficient (Wildman–Crippen LogP) is 7.27. The van der Waals surface area contributed by atoms with Gasteiger partial charge in [0.15, 0.2) is 5.11 Å². The van der Waals surface area contributed by atoms with Crippen LogP contribution in [0.1, 0.15) is 42.9 Å². The Morgan fingerprint density at radius 3 is 2.54 bits per heavy atom. The van der Waals surface area contributed by atoms with Crippen molar-refractivity contribution < 1.29 is 9.15 Å². The van der Waals surface area contributed by atoms with Gasteiger partial charge >= 0.3 is 0 Å². The third-order valence-electron chi connectivity index (χ3n) is 5.96. The number of thiocarbonyl (C=S) groups is 1. The van der Waals surface area contributed by atoms with Crippen molar-refractivity contribution in [1.29, 1.82) is 0 Å². The van der Waals surface area contributed by atoms with Crippen LogP contribution in [0.5, 0.6) is 5.75 Å². The molecule has 1 aliphatic rings. The molecule has 2 aromatic carbocycles. The zero-order valence-corrected chi connectivity index (χ0v) is 21.3. The molecule has 0 spiro atoms. The maximum atomic E-state index is 6.42. The first-order valence-electron chi connectivity index (χ1n) is 11.5. The number of nitrogens with one attached hydrogen (secondary N) is 1. The summed E-state index contributed by atoms with van der Waals surface area (Å²) in [4.78, 5) is 6.69. The van der Waals surface area contributed by atoms with E-state index in [1.807, 2.05) is 93.6 Å². The molecule has 0 unspecified atom stereocenters. The summed E-state index contributed by atoms with van der Waals surface area (Å²) in [6.07, 6.45) is 1.90. The minimum Gasteiger partial charge on any atom is -0.491 e. The summed E-state index contributed by atoms with van der Waals surface area (Å²) in [7, 11) is 0. The molecule has 1 saturated heterocycles. The van der Waals surface area contributed by atoms with Crippen LogP contribution in [0.3, 0.4) is 0 Å². The highest BCUT2D eigenvalue weighted by Crippen LogP contribution is 2.43.